The molecule has 82 valence electrons. The van der Waals surface area contributed by atoms with Gasteiger partial charge in [0, 0.05) is 38.6 Å². The predicted molar refractivity (Wildman–Crippen MR) is 59.8 cm³/mol. The van der Waals surface area contributed by atoms with Gasteiger partial charge < -0.3 is 4.90 Å². The molecule has 0 aliphatic heterocycles. The highest BCUT2D eigenvalue weighted by atomic mass is 16.1. The molecule has 1 aromatic rings. The first-order valence-corrected chi connectivity index (χ1v) is 4.97. The van der Waals surface area contributed by atoms with Crippen molar-refractivity contribution in [2.75, 3.05) is 14.1 Å². The number of allylic oxidation sites excluding steroid dienone is 1. The Morgan fingerprint density at radius 3 is 2.73 bits per heavy atom. The van der Waals surface area contributed by atoms with Gasteiger partial charge in [0.1, 0.15) is 0 Å². The highest BCUT2D eigenvalue weighted by Crippen LogP contribution is 2.08. The molecule has 0 amide bonds. The Morgan fingerprint density at radius 2 is 2.27 bits per heavy atom. The monoisotopic (exact) mass is 207 g/mol. The molecule has 0 aromatic carbocycles. The summed E-state index contributed by atoms with van der Waals surface area (Å²) in [6, 6.07) is 0. The summed E-state index contributed by atoms with van der Waals surface area (Å²) in [5, 5.41) is 4.13. The Balaban J connectivity index is 2.87. The lowest BCUT2D eigenvalue weighted by Crippen LogP contribution is -2.04. The van der Waals surface area contributed by atoms with Crippen molar-refractivity contribution in [2.24, 2.45) is 0 Å². The van der Waals surface area contributed by atoms with Crippen molar-refractivity contribution in [2.45, 2.75) is 20.4 Å². The lowest BCUT2D eigenvalue weighted by atomic mass is 10.2. The molecule has 15 heavy (non-hydrogen) atoms. The number of carbonyl (C=O) groups excluding carboxylic acids is 1. The molecule has 0 aliphatic rings. The van der Waals surface area contributed by atoms with Gasteiger partial charge in [-0.1, -0.05) is 0 Å². The minimum absolute atomic E-state index is 0.000833. The highest BCUT2D eigenvalue weighted by molar-refractivity contribution is 6.05. The molecule has 1 aromatic heterocycles. The van der Waals surface area contributed by atoms with Crippen LogP contribution in [0.5, 0.6) is 0 Å². The number of nitrogens with zero attached hydrogens (tertiary/aromatic N) is 3. The molecule has 4 nitrogen and oxygen atoms in total. The molecule has 4 heteroatoms. The van der Waals surface area contributed by atoms with Gasteiger partial charge in [-0.3, -0.25) is 9.48 Å². The number of ketones is 1. The molecule has 0 unspecified atom stereocenters. The van der Waals surface area contributed by atoms with Crippen LogP contribution in [0.25, 0.3) is 0 Å². The summed E-state index contributed by atoms with van der Waals surface area (Å²) >= 11 is 0. The third-order valence-electron chi connectivity index (χ3n) is 2.19. The molecule has 0 bridgehead atoms. The summed E-state index contributed by atoms with van der Waals surface area (Å²) < 4.78 is 1.82. The topological polar surface area (TPSA) is 38.1 Å². The molecule has 0 fully saturated rings. The van der Waals surface area contributed by atoms with Crippen molar-refractivity contribution in [1.82, 2.24) is 14.7 Å². The molecule has 1 rings (SSSR count). The van der Waals surface area contributed by atoms with E-state index < -0.39 is 0 Å². The van der Waals surface area contributed by atoms with Crippen LogP contribution in [0.2, 0.25) is 0 Å². The lowest BCUT2D eigenvalue weighted by molar-refractivity contribution is 0.104. The van der Waals surface area contributed by atoms with Crippen LogP contribution in [0.1, 0.15) is 23.0 Å². The van der Waals surface area contributed by atoms with E-state index in [0.29, 0.717) is 5.56 Å². The van der Waals surface area contributed by atoms with E-state index in [4.69, 9.17) is 0 Å². The zero-order valence-corrected chi connectivity index (χ0v) is 9.69. The Kier molecular flexibility index (Phi) is 3.66. The van der Waals surface area contributed by atoms with Gasteiger partial charge in [0.15, 0.2) is 5.78 Å². The molecule has 0 aliphatic carbocycles. The van der Waals surface area contributed by atoms with Crippen LogP contribution < -0.4 is 0 Å². The number of hydrogen-bond acceptors (Lipinski definition) is 3. The molecule has 0 spiro atoms. The first-order chi connectivity index (χ1) is 7.06. The van der Waals surface area contributed by atoms with E-state index in [1.807, 2.05) is 37.5 Å². The van der Waals surface area contributed by atoms with Crippen LogP contribution in [-0.2, 0) is 6.54 Å². The zero-order chi connectivity index (χ0) is 11.4. The minimum atomic E-state index is 0.000833. The summed E-state index contributed by atoms with van der Waals surface area (Å²) in [7, 11) is 3.76. The number of aromatic nitrogens is 2. The normalized spacial score (nSPS) is 10.9. The molecular weight excluding hydrogens is 190 g/mol. The maximum absolute atomic E-state index is 11.7. The molecule has 1 heterocycles. The number of aryl methyl sites for hydroxylation is 1. The Morgan fingerprint density at radius 1 is 1.60 bits per heavy atom. The van der Waals surface area contributed by atoms with E-state index in [0.717, 1.165) is 12.2 Å². The second-order valence-corrected chi connectivity index (χ2v) is 3.60. The van der Waals surface area contributed by atoms with E-state index >= 15 is 0 Å². The van der Waals surface area contributed by atoms with E-state index in [2.05, 4.69) is 5.10 Å². The van der Waals surface area contributed by atoms with Crippen molar-refractivity contribution in [3.05, 3.63) is 29.7 Å². The van der Waals surface area contributed by atoms with Gasteiger partial charge in [0.05, 0.1) is 11.8 Å². The number of carbonyl (C=O) groups is 1. The average molecular weight is 207 g/mol. The van der Waals surface area contributed by atoms with Crippen molar-refractivity contribution < 1.29 is 4.79 Å². The molecule has 0 N–H and O–H groups in total. The maximum Gasteiger partial charge on any atom is 0.190 e. The predicted octanol–water partition coefficient (Wildman–Crippen LogP) is 1.47. The fourth-order valence-electron chi connectivity index (χ4n) is 1.31. The van der Waals surface area contributed by atoms with Crippen molar-refractivity contribution in [3.8, 4) is 0 Å². The van der Waals surface area contributed by atoms with Gasteiger partial charge in [-0.2, -0.15) is 5.10 Å². The molecule has 0 radical (unpaired) electrons. The molecule has 0 atom stereocenters. The number of rotatable bonds is 4. The standard InChI is InChI=1S/C11H17N3O/c1-5-14-9(2)10(8-12-14)11(15)6-7-13(3)4/h6-8H,5H2,1-4H3/b7-6-. The SMILES string of the molecule is CCn1ncc(C(=O)/C=C\N(C)C)c1C. The largest absolute Gasteiger partial charge is 0.383 e. The zero-order valence-electron chi connectivity index (χ0n) is 9.69. The smallest absolute Gasteiger partial charge is 0.190 e. The van der Waals surface area contributed by atoms with Gasteiger partial charge in [-0.05, 0) is 13.8 Å². The fourth-order valence-corrected chi connectivity index (χ4v) is 1.31. The van der Waals surface area contributed by atoms with Crippen molar-refractivity contribution >= 4 is 5.78 Å². The van der Waals surface area contributed by atoms with Crippen molar-refractivity contribution in [1.29, 1.82) is 0 Å². The number of hydrogen-bond donors (Lipinski definition) is 0. The molecular formula is C11H17N3O. The Bertz CT molecular complexity index is 377. The highest BCUT2D eigenvalue weighted by Gasteiger charge is 2.10. The van der Waals surface area contributed by atoms with Gasteiger partial charge in [0.2, 0.25) is 0 Å². The van der Waals surface area contributed by atoms with Gasteiger partial charge >= 0.3 is 0 Å². The third-order valence-corrected chi connectivity index (χ3v) is 2.19. The maximum atomic E-state index is 11.7. The van der Waals surface area contributed by atoms with Crippen LogP contribution >= 0.6 is 0 Å². The first-order valence-electron chi connectivity index (χ1n) is 4.97. The van der Waals surface area contributed by atoms with Crippen molar-refractivity contribution in [3.63, 3.8) is 0 Å². The second kappa shape index (κ2) is 4.77. The third kappa shape index (κ3) is 2.68. The van der Waals surface area contributed by atoms with Crippen LogP contribution in [-0.4, -0.2) is 34.6 Å². The van der Waals surface area contributed by atoms with Crippen LogP contribution in [0.15, 0.2) is 18.5 Å². The second-order valence-electron chi connectivity index (χ2n) is 3.60. The van der Waals surface area contributed by atoms with Gasteiger partial charge in [-0.15, -0.1) is 0 Å². The van der Waals surface area contributed by atoms with Gasteiger partial charge in [0.25, 0.3) is 0 Å². The quantitative estimate of drug-likeness (QED) is 0.554. The lowest BCUT2D eigenvalue weighted by Gasteiger charge is -2.02. The van der Waals surface area contributed by atoms with Crippen LogP contribution in [0.4, 0.5) is 0 Å². The molecule has 0 saturated carbocycles. The summed E-state index contributed by atoms with van der Waals surface area (Å²) in [6.07, 6.45) is 4.93. The Hall–Kier alpha value is -1.58. The molecule has 0 saturated heterocycles. The van der Waals surface area contributed by atoms with E-state index in [9.17, 15) is 4.79 Å². The summed E-state index contributed by atoms with van der Waals surface area (Å²) in [4.78, 5) is 13.6. The van der Waals surface area contributed by atoms with Crippen LogP contribution in [0.3, 0.4) is 0 Å². The summed E-state index contributed by atoms with van der Waals surface area (Å²) in [5.74, 6) is 0.000833. The minimum Gasteiger partial charge on any atom is -0.383 e. The fraction of sp³-hybridized carbons (Fsp3) is 0.455. The summed E-state index contributed by atoms with van der Waals surface area (Å²) in [6.45, 7) is 4.70. The Labute approximate surface area is 90.2 Å². The van der Waals surface area contributed by atoms with E-state index in [-0.39, 0.29) is 5.78 Å². The average Bonchev–Trinajstić information content (AvgIpc) is 2.56. The summed E-state index contributed by atoms with van der Waals surface area (Å²) in [5.41, 5.74) is 1.60. The van der Waals surface area contributed by atoms with Crippen LogP contribution in [0, 0.1) is 6.92 Å². The first kappa shape index (κ1) is 11.5. The van der Waals surface area contributed by atoms with E-state index in [1.165, 1.54) is 0 Å². The van der Waals surface area contributed by atoms with E-state index in [1.54, 1.807) is 18.5 Å². The van der Waals surface area contributed by atoms with Gasteiger partial charge in [-0.25, -0.2) is 0 Å².